The van der Waals surface area contributed by atoms with Gasteiger partial charge in [0.15, 0.2) is 0 Å². The van der Waals surface area contributed by atoms with Gasteiger partial charge in [-0.15, -0.1) is 0 Å². The van der Waals surface area contributed by atoms with Crippen LogP contribution < -0.4 is 5.73 Å². The molecule has 0 spiro atoms. The van der Waals surface area contributed by atoms with Gasteiger partial charge in [0, 0.05) is 21.3 Å². The molecule has 0 aliphatic heterocycles. The van der Waals surface area contributed by atoms with Gasteiger partial charge < -0.3 is 5.73 Å². The van der Waals surface area contributed by atoms with Crippen LogP contribution in [-0.4, -0.2) is 0 Å². The minimum atomic E-state index is -3.01. The van der Waals surface area contributed by atoms with Gasteiger partial charge in [0.1, 0.15) is 0 Å². The fraction of sp³-hybridized carbons (Fsp3) is 0.0769. The Bertz CT molecular complexity index is 458. The number of nitrogens with two attached hydrogens (primary N) is 1. The molecule has 4 heteroatoms. The zero-order valence-electron chi connectivity index (χ0n) is 8.83. The maximum atomic E-state index is 14.1. The predicted octanol–water partition coefficient (Wildman–Crippen LogP) is 4.17. The number of benzene rings is 2. The van der Waals surface area contributed by atoms with Crippen LogP contribution in [0, 0.1) is 0 Å². The lowest BCUT2D eigenvalue weighted by molar-refractivity contribution is 0.0428. The number of hydrogen-bond donors (Lipinski definition) is 1. The molecule has 0 unspecified atom stereocenters. The quantitative estimate of drug-likeness (QED) is 0.827. The van der Waals surface area contributed by atoms with Gasteiger partial charge in [0.05, 0.1) is 0 Å². The highest BCUT2D eigenvalue weighted by molar-refractivity contribution is 9.10. The van der Waals surface area contributed by atoms with Gasteiger partial charge in [0.2, 0.25) is 0 Å². The van der Waals surface area contributed by atoms with Gasteiger partial charge in [0.25, 0.3) is 5.92 Å². The van der Waals surface area contributed by atoms with Crippen LogP contribution in [0.2, 0.25) is 0 Å². The number of hydrogen-bond acceptors (Lipinski definition) is 1. The van der Waals surface area contributed by atoms with E-state index in [2.05, 4.69) is 15.9 Å². The van der Waals surface area contributed by atoms with Crippen LogP contribution in [0.5, 0.6) is 0 Å². The third-order valence-corrected chi connectivity index (χ3v) is 3.01. The Morgan fingerprint density at radius 1 is 0.824 bits per heavy atom. The first kappa shape index (κ1) is 12.0. The van der Waals surface area contributed by atoms with Crippen LogP contribution in [-0.2, 0) is 5.92 Å². The SMILES string of the molecule is Nc1ccc(C(F)(F)c2ccc(Br)cc2)cc1. The first-order chi connectivity index (χ1) is 8.00. The first-order valence-corrected chi connectivity index (χ1v) is 5.79. The molecule has 0 atom stereocenters. The average molecular weight is 298 g/mol. The summed E-state index contributed by atoms with van der Waals surface area (Å²) < 4.78 is 29.0. The average Bonchev–Trinajstić information content (AvgIpc) is 2.30. The Balaban J connectivity index is 2.41. The zero-order chi connectivity index (χ0) is 12.5. The fourth-order valence-electron chi connectivity index (χ4n) is 1.52. The van der Waals surface area contributed by atoms with E-state index < -0.39 is 5.92 Å². The second-order valence-corrected chi connectivity index (χ2v) is 4.62. The molecule has 2 aromatic rings. The lowest BCUT2D eigenvalue weighted by atomic mass is 10.0. The largest absolute Gasteiger partial charge is 0.399 e. The molecule has 0 amide bonds. The predicted molar refractivity (Wildman–Crippen MR) is 68.0 cm³/mol. The molecule has 0 heterocycles. The van der Waals surface area contributed by atoms with Gasteiger partial charge in [-0.05, 0) is 24.3 Å². The highest BCUT2D eigenvalue weighted by Crippen LogP contribution is 2.36. The molecule has 0 radical (unpaired) electrons. The van der Waals surface area contributed by atoms with Crippen molar-refractivity contribution in [2.24, 2.45) is 0 Å². The van der Waals surface area contributed by atoms with Crippen LogP contribution >= 0.6 is 15.9 Å². The van der Waals surface area contributed by atoms with Crippen molar-refractivity contribution in [2.75, 3.05) is 5.73 Å². The summed E-state index contributed by atoms with van der Waals surface area (Å²) in [5, 5.41) is 0. The van der Waals surface area contributed by atoms with Crippen LogP contribution in [0.4, 0.5) is 14.5 Å². The number of anilines is 1. The summed E-state index contributed by atoms with van der Waals surface area (Å²) in [6.45, 7) is 0. The minimum absolute atomic E-state index is 0.0366. The van der Waals surface area contributed by atoms with Gasteiger partial charge >= 0.3 is 0 Å². The summed E-state index contributed by atoms with van der Waals surface area (Å²) in [5.41, 5.74) is 5.85. The molecule has 0 aliphatic carbocycles. The Morgan fingerprint density at radius 3 is 1.71 bits per heavy atom. The molecular weight excluding hydrogens is 288 g/mol. The molecule has 2 N–H and O–H groups in total. The maximum Gasteiger partial charge on any atom is 0.298 e. The van der Waals surface area contributed by atoms with E-state index in [4.69, 9.17) is 5.73 Å². The van der Waals surface area contributed by atoms with E-state index in [1.165, 1.54) is 36.4 Å². The standard InChI is InChI=1S/C13H10BrF2N/c14-11-5-1-9(2-6-11)13(15,16)10-3-7-12(17)8-4-10/h1-8H,17H2. The van der Waals surface area contributed by atoms with Crippen molar-refractivity contribution in [3.63, 3.8) is 0 Å². The van der Waals surface area contributed by atoms with Crippen molar-refractivity contribution >= 4 is 21.6 Å². The maximum absolute atomic E-state index is 14.1. The molecule has 0 saturated heterocycles. The normalized spacial score (nSPS) is 11.5. The number of alkyl halides is 2. The Kier molecular flexibility index (Phi) is 3.15. The Hall–Kier alpha value is -1.42. The van der Waals surface area contributed by atoms with E-state index in [1.54, 1.807) is 12.1 Å². The van der Waals surface area contributed by atoms with Crippen molar-refractivity contribution in [3.8, 4) is 0 Å². The second kappa shape index (κ2) is 4.45. The molecule has 0 fully saturated rings. The third kappa shape index (κ3) is 2.47. The zero-order valence-corrected chi connectivity index (χ0v) is 10.4. The van der Waals surface area contributed by atoms with Crippen LogP contribution in [0.15, 0.2) is 53.0 Å². The summed E-state index contributed by atoms with van der Waals surface area (Å²) in [5.74, 6) is -3.01. The number of nitrogen functional groups attached to an aromatic ring is 1. The van der Waals surface area contributed by atoms with Crippen molar-refractivity contribution < 1.29 is 8.78 Å². The molecule has 0 bridgehead atoms. The third-order valence-electron chi connectivity index (χ3n) is 2.48. The van der Waals surface area contributed by atoms with E-state index in [0.29, 0.717) is 5.69 Å². The highest BCUT2D eigenvalue weighted by atomic mass is 79.9. The monoisotopic (exact) mass is 297 g/mol. The smallest absolute Gasteiger partial charge is 0.298 e. The fourth-order valence-corrected chi connectivity index (χ4v) is 1.78. The second-order valence-electron chi connectivity index (χ2n) is 3.70. The first-order valence-electron chi connectivity index (χ1n) is 5.00. The van der Waals surface area contributed by atoms with E-state index >= 15 is 0 Å². The topological polar surface area (TPSA) is 26.0 Å². The van der Waals surface area contributed by atoms with Gasteiger partial charge in [-0.25, -0.2) is 0 Å². The van der Waals surface area contributed by atoms with Crippen LogP contribution in [0.3, 0.4) is 0 Å². The van der Waals surface area contributed by atoms with Crippen LogP contribution in [0.1, 0.15) is 11.1 Å². The number of rotatable bonds is 2. The minimum Gasteiger partial charge on any atom is -0.399 e. The highest BCUT2D eigenvalue weighted by Gasteiger charge is 2.33. The lowest BCUT2D eigenvalue weighted by Gasteiger charge is -2.17. The number of halogens is 3. The molecule has 0 aromatic heterocycles. The van der Waals surface area contributed by atoms with Gasteiger partial charge in [-0.1, -0.05) is 40.2 Å². The van der Waals surface area contributed by atoms with Gasteiger partial charge in [-0.2, -0.15) is 8.78 Å². The van der Waals surface area contributed by atoms with Crippen molar-refractivity contribution in [1.29, 1.82) is 0 Å². The summed E-state index contributed by atoms with van der Waals surface area (Å²) >= 11 is 3.22. The molecule has 88 valence electrons. The molecule has 2 rings (SSSR count). The van der Waals surface area contributed by atoms with Gasteiger partial charge in [-0.3, -0.25) is 0 Å². The summed E-state index contributed by atoms with van der Waals surface area (Å²) in [6, 6.07) is 11.6. The summed E-state index contributed by atoms with van der Waals surface area (Å²) in [7, 11) is 0. The van der Waals surface area contributed by atoms with E-state index in [9.17, 15) is 8.78 Å². The molecule has 1 nitrogen and oxygen atoms in total. The lowest BCUT2D eigenvalue weighted by Crippen LogP contribution is -2.14. The van der Waals surface area contributed by atoms with E-state index in [-0.39, 0.29) is 11.1 Å². The van der Waals surface area contributed by atoms with E-state index in [1.807, 2.05) is 0 Å². The Morgan fingerprint density at radius 2 is 1.24 bits per heavy atom. The molecule has 0 aliphatic rings. The van der Waals surface area contributed by atoms with Crippen molar-refractivity contribution in [3.05, 3.63) is 64.1 Å². The van der Waals surface area contributed by atoms with Crippen molar-refractivity contribution in [1.82, 2.24) is 0 Å². The molecular formula is C13H10BrF2N. The van der Waals surface area contributed by atoms with Crippen molar-refractivity contribution in [2.45, 2.75) is 5.92 Å². The summed E-state index contributed by atoms with van der Waals surface area (Å²) in [6.07, 6.45) is 0. The Labute approximate surface area is 106 Å². The molecule has 17 heavy (non-hydrogen) atoms. The van der Waals surface area contributed by atoms with Crippen LogP contribution in [0.25, 0.3) is 0 Å². The van der Waals surface area contributed by atoms with E-state index in [0.717, 1.165) is 4.47 Å². The molecule has 0 saturated carbocycles. The molecule has 2 aromatic carbocycles. The summed E-state index contributed by atoms with van der Waals surface area (Å²) in [4.78, 5) is 0.